The molecule has 1 aliphatic carbocycles. The molecule has 0 heterocycles. The highest BCUT2D eigenvalue weighted by Gasteiger charge is 2.38. The van der Waals surface area contributed by atoms with Gasteiger partial charge in [0, 0.05) is 18.8 Å². The average molecular weight is 350 g/mol. The van der Waals surface area contributed by atoms with Crippen LogP contribution < -0.4 is 22.6 Å². The lowest BCUT2D eigenvalue weighted by Gasteiger charge is -2.40. The SMILES string of the molecule is CC/C=C\C[C@@H]1C(=O)CC[C@@]1([I-])CC(=O)OC. The minimum Gasteiger partial charge on any atom is -0.788 e. The summed E-state index contributed by atoms with van der Waals surface area (Å²) in [5.41, 5.74) is 0. The molecular weight excluding hydrogens is 331 g/mol. The topological polar surface area (TPSA) is 43.4 Å². The van der Waals surface area contributed by atoms with Crippen LogP contribution >= 0.6 is 0 Å². The number of hydrogen-bond acceptors (Lipinski definition) is 3. The lowest BCUT2D eigenvalue weighted by atomic mass is 9.89. The van der Waals surface area contributed by atoms with E-state index in [0.717, 1.165) is 19.3 Å². The molecule has 0 bridgehead atoms. The molecule has 0 unspecified atom stereocenters. The Labute approximate surface area is 116 Å². The van der Waals surface area contributed by atoms with Crippen molar-refractivity contribution in [2.45, 2.75) is 42.4 Å². The maximum Gasteiger partial charge on any atom is 0.304 e. The van der Waals surface area contributed by atoms with Crippen LogP contribution in [0.2, 0.25) is 0 Å². The van der Waals surface area contributed by atoms with Crippen LogP contribution in [-0.2, 0) is 14.3 Å². The van der Waals surface area contributed by atoms with E-state index in [2.05, 4.69) is 41.7 Å². The fourth-order valence-corrected chi connectivity index (χ4v) is 3.42. The molecule has 1 fully saturated rings. The third kappa shape index (κ3) is 3.79. The highest BCUT2D eigenvalue weighted by atomic mass is 127. The minimum atomic E-state index is -0.250. The maximum absolute atomic E-state index is 11.9. The van der Waals surface area contributed by atoms with Crippen molar-refractivity contribution in [3.8, 4) is 0 Å². The molecule has 17 heavy (non-hydrogen) atoms. The number of methoxy groups -OCH3 is 1. The molecule has 0 aliphatic heterocycles. The highest BCUT2D eigenvalue weighted by Crippen LogP contribution is 2.33. The number of hydrogen-bond donors (Lipinski definition) is 0. The van der Waals surface area contributed by atoms with Crippen molar-refractivity contribution in [1.82, 2.24) is 0 Å². The first-order valence-corrected chi connectivity index (χ1v) is 7.05. The second-order valence-corrected chi connectivity index (χ2v) is 6.57. The molecule has 0 spiro atoms. The van der Waals surface area contributed by atoms with Crippen molar-refractivity contribution < 1.29 is 36.9 Å². The molecule has 0 amide bonds. The van der Waals surface area contributed by atoms with Crippen LogP contribution in [0.5, 0.6) is 0 Å². The summed E-state index contributed by atoms with van der Waals surface area (Å²) in [4.78, 5) is 23.3. The van der Waals surface area contributed by atoms with Crippen molar-refractivity contribution in [2.24, 2.45) is 5.92 Å². The van der Waals surface area contributed by atoms with Crippen LogP contribution in [0.1, 0.15) is 39.0 Å². The number of alkyl halides is 1. The number of halogens is 1. The van der Waals surface area contributed by atoms with E-state index in [1.165, 1.54) is 7.11 Å². The molecule has 0 aromatic carbocycles. The summed E-state index contributed by atoms with van der Waals surface area (Å²) in [5, 5.41) is 0. The molecule has 1 saturated carbocycles. The van der Waals surface area contributed by atoms with Gasteiger partial charge in [0.2, 0.25) is 0 Å². The fourth-order valence-electron chi connectivity index (χ4n) is 2.23. The Kier molecular flexibility index (Phi) is 5.62. The third-order valence-corrected chi connectivity index (χ3v) is 4.91. The summed E-state index contributed by atoms with van der Waals surface area (Å²) in [6.07, 6.45) is 7.55. The molecule has 0 aromatic rings. The lowest BCUT2D eigenvalue weighted by molar-refractivity contribution is -0.484. The molecule has 0 aromatic heterocycles. The van der Waals surface area contributed by atoms with Crippen LogP contribution in [-0.4, -0.2) is 22.3 Å². The first-order valence-electron chi connectivity index (χ1n) is 5.97. The zero-order valence-electron chi connectivity index (χ0n) is 10.4. The van der Waals surface area contributed by atoms with E-state index in [4.69, 9.17) is 4.74 Å². The quantitative estimate of drug-likeness (QED) is 0.282. The first kappa shape index (κ1) is 14.7. The monoisotopic (exact) mass is 350 g/mol. The fraction of sp³-hybridized carbons (Fsp3) is 0.692. The van der Waals surface area contributed by atoms with E-state index >= 15 is 0 Å². The number of ketones is 1. The number of carbonyl (C=O) groups excluding carboxylic acids is 2. The minimum absolute atomic E-state index is 0.0370. The van der Waals surface area contributed by atoms with Crippen molar-refractivity contribution in [2.75, 3.05) is 7.11 Å². The normalized spacial score (nSPS) is 28.9. The van der Waals surface area contributed by atoms with Gasteiger partial charge in [-0.15, -0.1) is 3.42 Å². The molecule has 1 rings (SSSR count). The van der Waals surface area contributed by atoms with Gasteiger partial charge < -0.3 is 27.3 Å². The van der Waals surface area contributed by atoms with E-state index < -0.39 is 0 Å². The second kappa shape index (κ2) is 6.52. The van der Waals surface area contributed by atoms with E-state index in [0.29, 0.717) is 12.8 Å². The van der Waals surface area contributed by atoms with Crippen LogP contribution in [0.4, 0.5) is 0 Å². The Balaban J connectivity index is 2.71. The van der Waals surface area contributed by atoms with Crippen molar-refractivity contribution >= 4 is 11.8 Å². The number of allylic oxidation sites excluding steroid dienone is 2. The molecule has 0 N–H and O–H groups in total. The predicted octanol–water partition coefficient (Wildman–Crippen LogP) is -0.823. The maximum atomic E-state index is 11.9. The molecular formula is C13H19IO3-. The van der Waals surface area contributed by atoms with Gasteiger partial charge in [0.15, 0.2) is 0 Å². The Bertz CT molecular complexity index is 325. The molecule has 3 nitrogen and oxygen atoms in total. The van der Waals surface area contributed by atoms with Gasteiger partial charge >= 0.3 is 5.97 Å². The summed E-state index contributed by atoms with van der Waals surface area (Å²) < 4.78 is 4.46. The number of esters is 1. The standard InChI is InChI=1S/C13H19IO3/c1-3-4-5-6-10-11(15)7-8-13(10,14)9-12(16)17-2/h4-5,10H,3,6-9H2,1-2H3/q-1/b5-4-/t10-,13-/m1/s1. The summed E-state index contributed by atoms with van der Waals surface area (Å²) in [7, 11) is 1.39. The average Bonchev–Trinajstić information content (AvgIpc) is 2.57. The first-order chi connectivity index (χ1) is 8.03. The number of rotatable bonds is 5. The van der Waals surface area contributed by atoms with Crippen molar-refractivity contribution in [1.29, 1.82) is 0 Å². The zero-order chi connectivity index (χ0) is 12.9. The van der Waals surface area contributed by atoms with E-state index in [1.54, 1.807) is 0 Å². The summed E-state index contributed by atoms with van der Waals surface area (Å²) >= 11 is 2.28. The van der Waals surface area contributed by atoms with Crippen LogP contribution in [0, 0.1) is 5.92 Å². The molecule has 0 saturated heterocycles. The van der Waals surface area contributed by atoms with Crippen LogP contribution in [0.15, 0.2) is 12.2 Å². The summed E-state index contributed by atoms with van der Waals surface area (Å²) in [6, 6.07) is 0. The van der Waals surface area contributed by atoms with Crippen LogP contribution in [0.3, 0.4) is 0 Å². The van der Waals surface area contributed by atoms with E-state index in [1.807, 2.05) is 0 Å². The molecule has 4 heteroatoms. The Morgan fingerprint density at radius 1 is 1.59 bits per heavy atom. The van der Waals surface area contributed by atoms with Gasteiger partial charge in [-0.2, -0.15) is 0 Å². The van der Waals surface area contributed by atoms with E-state index in [-0.39, 0.29) is 21.1 Å². The number of ether oxygens (including phenoxy) is 1. The largest absolute Gasteiger partial charge is 0.788 e. The smallest absolute Gasteiger partial charge is 0.304 e. The molecule has 97 valence electrons. The Hall–Kier alpha value is -0.390. The Morgan fingerprint density at radius 2 is 2.29 bits per heavy atom. The van der Waals surface area contributed by atoms with E-state index in [9.17, 15) is 9.59 Å². The van der Waals surface area contributed by atoms with Crippen molar-refractivity contribution in [3.05, 3.63) is 12.2 Å². The van der Waals surface area contributed by atoms with Gasteiger partial charge in [-0.1, -0.05) is 25.5 Å². The lowest BCUT2D eigenvalue weighted by Crippen LogP contribution is -3.44. The van der Waals surface area contributed by atoms with Gasteiger partial charge in [-0.3, -0.25) is 9.59 Å². The summed E-state index contributed by atoms with van der Waals surface area (Å²) in [6.45, 7) is 2.07. The van der Waals surface area contributed by atoms with Gasteiger partial charge in [0.05, 0.1) is 7.11 Å². The highest BCUT2D eigenvalue weighted by molar-refractivity contribution is 5.86. The Morgan fingerprint density at radius 3 is 2.88 bits per heavy atom. The third-order valence-electron chi connectivity index (χ3n) is 3.24. The van der Waals surface area contributed by atoms with Crippen molar-refractivity contribution in [3.63, 3.8) is 0 Å². The molecule has 1 aliphatic rings. The zero-order valence-corrected chi connectivity index (χ0v) is 12.5. The molecule has 2 atom stereocenters. The van der Waals surface area contributed by atoms with Gasteiger partial charge in [0.25, 0.3) is 0 Å². The summed E-state index contributed by atoms with van der Waals surface area (Å²) in [5.74, 6) is 0.0210. The van der Waals surface area contributed by atoms with Crippen LogP contribution in [0.25, 0.3) is 0 Å². The molecule has 1 radical (unpaired) electrons. The number of carbonyl (C=O) groups is 2. The van der Waals surface area contributed by atoms with Gasteiger partial charge in [-0.25, -0.2) is 0 Å². The number of Topliss-reactive ketones (excluding diaryl/α,β-unsaturated/α-hetero) is 1. The van der Waals surface area contributed by atoms with Gasteiger partial charge in [0.1, 0.15) is 5.78 Å². The predicted molar refractivity (Wildman–Crippen MR) is 61.1 cm³/mol. The second-order valence-electron chi connectivity index (χ2n) is 4.42. The van der Waals surface area contributed by atoms with Gasteiger partial charge in [-0.05, 0) is 12.8 Å².